The quantitative estimate of drug-likeness (QED) is 0.177. The van der Waals surface area contributed by atoms with Gasteiger partial charge < -0.3 is 14.2 Å². The first kappa shape index (κ1) is 31.7. The van der Waals surface area contributed by atoms with E-state index < -0.39 is 17.1 Å². The van der Waals surface area contributed by atoms with Crippen molar-refractivity contribution in [2.24, 2.45) is 5.41 Å². The number of aromatic nitrogens is 2. The average molecular weight is 617 g/mol. The zero-order chi connectivity index (χ0) is 33.0. The van der Waals surface area contributed by atoms with E-state index in [2.05, 4.69) is 75.4 Å². The molecular weight excluding hydrogens is 572 g/mol. The normalized spacial score (nSPS) is 13.9. The maximum Gasteiger partial charge on any atom is 0.311 e. The van der Waals surface area contributed by atoms with E-state index in [1.165, 1.54) is 16.7 Å². The first-order valence-electron chi connectivity index (χ1n) is 16.1. The van der Waals surface area contributed by atoms with E-state index in [9.17, 15) is 4.79 Å². The van der Waals surface area contributed by atoms with Gasteiger partial charge in [0.15, 0.2) is 0 Å². The zero-order valence-electron chi connectivity index (χ0n) is 28.5. The predicted molar refractivity (Wildman–Crippen MR) is 185 cm³/mol. The Bertz CT molecular complexity index is 1950. The number of ether oxygens (including phenoxy) is 3. The van der Waals surface area contributed by atoms with E-state index in [-0.39, 0.29) is 12.6 Å². The third-order valence-corrected chi connectivity index (χ3v) is 8.61. The Balaban J connectivity index is 1.65. The van der Waals surface area contributed by atoms with Crippen LogP contribution in [0.4, 0.5) is 0 Å². The van der Waals surface area contributed by atoms with Crippen LogP contribution in [0.5, 0.6) is 5.75 Å². The second kappa shape index (κ2) is 11.8. The van der Waals surface area contributed by atoms with Gasteiger partial charge in [-0.3, -0.25) is 9.78 Å². The van der Waals surface area contributed by atoms with Gasteiger partial charge >= 0.3 is 5.97 Å². The molecule has 1 aliphatic rings. The average Bonchev–Trinajstić information content (AvgIpc) is 2.98. The summed E-state index contributed by atoms with van der Waals surface area (Å²) < 4.78 is 18.8. The van der Waals surface area contributed by atoms with Gasteiger partial charge in [-0.05, 0) is 126 Å². The van der Waals surface area contributed by atoms with Gasteiger partial charge in [-0.15, -0.1) is 0 Å². The summed E-state index contributed by atoms with van der Waals surface area (Å²) in [5, 5.41) is 2.03. The molecule has 0 radical (unpaired) electrons. The van der Waals surface area contributed by atoms with Crippen LogP contribution in [0.15, 0.2) is 60.8 Å². The Kier molecular flexibility index (Phi) is 8.14. The fourth-order valence-electron chi connectivity index (χ4n) is 6.56. The van der Waals surface area contributed by atoms with Crippen LogP contribution in [0.25, 0.3) is 44.2 Å². The Labute approximate surface area is 272 Å². The number of fused-ring (bicyclic) bond motifs is 1. The maximum atomic E-state index is 13.0. The molecule has 2 aromatic heterocycles. The Morgan fingerprint density at radius 3 is 2.35 bits per heavy atom. The number of nitrogens with zero attached hydrogens (tertiary/aromatic N) is 2. The number of esters is 1. The van der Waals surface area contributed by atoms with Gasteiger partial charge in [0.2, 0.25) is 0 Å². The lowest BCUT2D eigenvalue weighted by Crippen LogP contribution is -2.30. The summed E-state index contributed by atoms with van der Waals surface area (Å²) in [6.45, 7) is 18.8. The monoisotopic (exact) mass is 616 g/mol. The van der Waals surface area contributed by atoms with Gasteiger partial charge in [0.25, 0.3) is 0 Å². The van der Waals surface area contributed by atoms with Gasteiger partial charge in [-0.2, -0.15) is 0 Å². The first-order valence-corrected chi connectivity index (χ1v) is 16.1. The topological polar surface area (TPSA) is 70.5 Å². The number of hydrogen-bond acceptors (Lipinski definition) is 6. The van der Waals surface area contributed by atoms with Crippen LogP contribution in [-0.2, 0) is 20.7 Å². The van der Waals surface area contributed by atoms with Crippen molar-refractivity contribution in [3.8, 4) is 28.1 Å². The SMILES string of the molecule is Cc1cccc(C)c1-c1ccc2c(-c3ccc4c5c(ccnc35)CCO4)c([C@@H](COC(=O)C(C)(C)C)OC(C)(C)C)c(C)cc2n1. The molecule has 238 valence electrons. The Hall–Kier alpha value is -4.29. The molecule has 1 atom stereocenters. The molecule has 0 N–H and O–H groups in total. The Morgan fingerprint density at radius 1 is 0.913 bits per heavy atom. The molecule has 1 aliphatic heterocycles. The van der Waals surface area contributed by atoms with Gasteiger partial charge in [0.1, 0.15) is 18.5 Å². The molecule has 0 saturated carbocycles. The molecule has 0 saturated heterocycles. The second-order valence-electron chi connectivity index (χ2n) is 14.5. The number of aryl methyl sites for hydroxylation is 3. The van der Waals surface area contributed by atoms with Gasteiger partial charge in [0.05, 0.1) is 34.4 Å². The Morgan fingerprint density at radius 2 is 1.65 bits per heavy atom. The molecule has 0 aliphatic carbocycles. The molecule has 0 amide bonds. The molecule has 3 heterocycles. The van der Waals surface area contributed by atoms with Crippen LogP contribution in [0, 0.1) is 26.2 Å². The molecule has 6 nitrogen and oxygen atoms in total. The summed E-state index contributed by atoms with van der Waals surface area (Å²) >= 11 is 0. The molecule has 5 aromatic rings. The highest BCUT2D eigenvalue weighted by Gasteiger charge is 2.31. The van der Waals surface area contributed by atoms with Crippen molar-refractivity contribution < 1.29 is 19.0 Å². The second-order valence-corrected chi connectivity index (χ2v) is 14.5. The smallest absolute Gasteiger partial charge is 0.311 e. The van der Waals surface area contributed by atoms with Gasteiger partial charge in [-0.1, -0.05) is 24.3 Å². The summed E-state index contributed by atoms with van der Waals surface area (Å²) in [5.74, 6) is 0.582. The third-order valence-electron chi connectivity index (χ3n) is 8.61. The zero-order valence-corrected chi connectivity index (χ0v) is 28.5. The minimum absolute atomic E-state index is 0.0818. The molecule has 0 spiro atoms. The fraction of sp³-hybridized carbons (Fsp3) is 0.375. The fourth-order valence-corrected chi connectivity index (χ4v) is 6.56. The van der Waals surface area contributed by atoms with E-state index in [0.717, 1.165) is 67.5 Å². The maximum absolute atomic E-state index is 13.0. The number of carbonyl (C=O) groups is 1. The highest BCUT2D eigenvalue weighted by atomic mass is 16.6. The van der Waals surface area contributed by atoms with E-state index >= 15 is 0 Å². The lowest BCUT2D eigenvalue weighted by Gasteiger charge is -2.31. The van der Waals surface area contributed by atoms with Crippen molar-refractivity contribution in [2.75, 3.05) is 13.2 Å². The highest BCUT2D eigenvalue weighted by Crippen LogP contribution is 2.45. The predicted octanol–water partition coefficient (Wildman–Crippen LogP) is 9.42. The molecular formula is C40H44N2O4. The number of benzene rings is 3. The van der Waals surface area contributed by atoms with E-state index in [1.807, 2.05) is 47.7 Å². The van der Waals surface area contributed by atoms with Gasteiger partial charge in [0, 0.05) is 34.5 Å². The minimum atomic E-state index is -0.637. The van der Waals surface area contributed by atoms with Crippen LogP contribution in [0.1, 0.15) is 75.5 Å². The molecule has 46 heavy (non-hydrogen) atoms. The lowest BCUT2D eigenvalue weighted by molar-refractivity contribution is -0.162. The van der Waals surface area contributed by atoms with Crippen molar-refractivity contribution >= 4 is 27.8 Å². The van der Waals surface area contributed by atoms with Crippen LogP contribution < -0.4 is 4.74 Å². The van der Waals surface area contributed by atoms with Crippen LogP contribution in [0.2, 0.25) is 0 Å². The van der Waals surface area contributed by atoms with Crippen molar-refractivity contribution in [1.29, 1.82) is 0 Å². The number of rotatable bonds is 6. The number of pyridine rings is 2. The summed E-state index contributed by atoms with van der Waals surface area (Å²) in [5.41, 5.74) is 10.2. The highest BCUT2D eigenvalue weighted by molar-refractivity contribution is 6.07. The van der Waals surface area contributed by atoms with Crippen LogP contribution in [0.3, 0.4) is 0 Å². The molecule has 3 aromatic carbocycles. The summed E-state index contributed by atoms with van der Waals surface area (Å²) in [4.78, 5) is 23.2. The van der Waals surface area contributed by atoms with Gasteiger partial charge in [-0.25, -0.2) is 4.98 Å². The molecule has 6 rings (SSSR count). The third kappa shape index (κ3) is 5.99. The van der Waals surface area contributed by atoms with E-state index in [4.69, 9.17) is 24.2 Å². The number of hydrogen-bond donors (Lipinski definition) is 0. The summed E-state index contributed by atoms with van der Waals surface area (Å²) in [6.07, 6.45) is 2.18. The van der Waals surface area contributed by atoms with E-state index in [0.29, 0.717) is 6.61 Å². The van der Waals surface area contributed by atoms with Crippen molar-refractivity contribution in [1.82, 2.24) is 9.97 Å². The standard InChI is InChI=1S/C40H44N2O4/c1-23-11-10-12-24(2)33(23)29-15-13-27-30(42-29)21-25(3)34(32(46-40(7,8)9)22-45-38(43)39(4,5)6)36(27)28-14-16-31-35-26(18-20-44-31)17-19-41-37(28)35/h10-17,19,21,32H,18,20,22H2,1-9H3/t32-/m1/s1. The summed E-state index contributed by atoms with van der Waals surface area (Å²) in [6, 6.07) is 19.0. The number of carbonyl (C=O) groups excluding carboxylic acids is 1. The lowest BCUT2D eigenvalue weighted by atomic mass is 9.86. The molecule has 0 fully saturated rings. The molecule has 0 bridgehead atoms. The van der Waals surface area contributed by atoms with Crippen LogP contribution in [-0.4, -0.2) is 34.8 Å². The summed E-state index contributed by atoms with van der Waals surface area (Å²) in [7, 11) is 0. The first-order chi connectivity index (χ1) is 21.7. The minimum Gasteiger partial charge on any atom is -0.493 e. The van der Waals surface area contributed by atoms with Crippen LogP contribution >= 0.6 is 0 Å². The molecule has 0 unspecified atom stereocenters. The van der Waals surface area contributed by atoms with Crippen molar-refractivity contribution in [3.63, 3.8) is 0 Å². The van der Waals surface area contributed by atoms with Crippen molar-refractivity contribution in [3.05, 3.63) is 88.6 Å². The van der Waals surface area contributed by atoms with Crippen molar-refractivity contribution in [2.45, 2.75) is 80.4 Å². The molecule has 6 heteroatoms. The van der Waals surface area contributed by atoms with E-state index in [1.54, 1.807) is 0 Å². The largest absolute Gasteiger partial charge is 0.493 e.